The first-order chi connectivity index (χ1) is 25.0. The van der Waals surface area contributed by atoms with Crippen molar-refractivity contribution in [3.8, 4) is 34.1 Å². The summed E-state index contributed by atoms with van der Waals surface area (Å²) in [5.74, 6) is 1.08. The van der Waals surface area contributed by atoms with Gasteiger partial charge in [-0.05, 0) is 111 Å². The van der Waals surface area contributed by atoms with Crippen LogP contribution < -0.4 is 10.1 Å². The molecule has 5 rings (SSSR count). The molecule has 0 radical (unpaired) electrons. The van der Waals surface area contributed by atoms with E-state index in [1.54, 1.807) is 24.3 Å². The number of benzene rings is 4. The third kappa shape index (κ3) is 9.94. The van der Waals surface area contributed by atoms with Crippen molar-refractivity contribution in [3.05, 3.63) is 102 Å². The first-order valence-corrected chi connectivity index (χ1v) is 18.7. The number of nitrogens with one attached hydrogen (secondary N) is 1. The monoisotopic (exact) mass is 709 g/mol. The molecule has 1 heterocycles. The van der Waals surface area contributed by atoms with E-state index in [9.17, 15) is 19.4 Å². The number of fused-ring (bicyclic) bond motifs is 1. The Labute approximate surface area is 309 Å². The number of anilines is 1. The highest BCUT2D eigenvalue weighted by atomic mass is 19.1. The quantitative estimate of drug-likeness (QED) is 0.101. The fraction of sp³-hybridized carbons (Fsp3) is 0.386. The molecule has 52 heavy (non-hydrogen) atoms. The lowest BCUT2D eigenvalue weighted by Gasteiger charge is -2.27. The Hall–Kier alpha value is -4.82. The Bertz CT molecular complexity index is 1910. The van der Waals surface area contributed by atoms with Crippen molar-refractivity contribution < 1.29 is 24.1 Å². The number of nitrogens with zero attached hydrogens (tertiary/aromatic N) is 2. The molecule has 2 unspecified atom stereocenters. The van der Waals surface area contributed by atoms with Gasteiger partial charge in [0, 0.05) is 53.1 Å². The number of hydrogen-bond acceptors (Lipinski definition) is 5. The van der Waals surface area contributed by atoms with Crippen molar-refractivity contribution in [3.63, 3.8) is 0 Å². The summed E-state index contributed by atoms with van der Waals surface area (Å²) >= 11 is 0. The number of amides is 1. The van der Waals surface area contributed by atoms with Crippen LogP contribution >= 0.6 is 0 Å². The molecule has 0 bridgehead atoms. The number of carbonyl (C=O) groups is 1. The van der Waals surface area contributed by atoms with Gasteiger partial charge in [-0.25, -0.2) is 4.39 Å². The predicted octanol–water partition coefficient (Wildman–Crippen LogP) is 11.3. The maximum atomic E-state index is 13.4. The molecular weight excluding hydrogens is 653 g/mol. The van der Waals surface area contributed by atoms with Crippen molar-refractivity contribution in [1.29, 1.82) is 0 Å². The van der Waals surface area contributed by atoms with Crippen LogP contribution in [0.15, 0.2) is 78.9 Å². The molecule has 0 aliphatic carbocycles. The summed E-state index contributed by atoms with van der Waals surface area (Å²) in [6, 6.07) is 21.1. The fourth-order valence-corrected chi connectivity index (χ4v) is 6.59. The van der Waals surface area contributed by atoms with Crippen LogP contribution in [0.5, 0.6) is 23.0 Å². The first kappa shape index (κ1) is 40.0. The van der Waals surface area contributed by atoms with Crippen LogP contribution in [0, 0.1) is 31.5 Å². The molecule has 0 saturated heterocycles. The van der Waals surface area contributed by atoms with Gasteiger partial charge in [-0.2, -0.15) is 0 Å². The van der Waals surface area contributed by atoms with Gasteiger partial charge in [-0.3, -0.25) is 4.79 Å². The van der Waals surface area contributed by atoms with E-state index < -0.39 is 11.7 Å². The number of halogens is 1. The van der Waals surface area contributed by atoms with E-state index >= 15 is 0 Å². The van der Waals surface area contributed by atoms with Gasteiger partial charge in [0.2, 0.25) is 0 Å². The van der Waals surface area contributed by atoms with Crippen LogP contribution in [0.4, 0.5) is 10.1 Å². The highest BCUT2D eigenvalue weighted by Gasteiger charge is 2.18. The summed E-state index contributed by atoms with van der Waals surface area (Å²) in [4.78, 5) is 15.8. The van der Waals surface area contributed by atoms with Crippen molar-refractivity contribution >= 4 is 22.5 Å². The minimum atomic E-state index is -0.436. The number of carbonyl (C=O) groups excluding carboxylic acids is 1. The minimum Gasteiger partial charge on any atom is -0.507 e. The van der Waals surface area contributed by atoms with Gasteiger partial charge < -0.3 is 29.7 Å². The average Bonchev–Trinajstić information content (AvgIpc) is 3.36. The van der Waals surface area contributed by atoms with E-state index in [-0.39, 0.29) is 22.7 Å². The second-order valence-corrected chi connectivity index (χ2v) is 13.7. The predicted molar refractivity (Wildman–Crippen MR) is 212 cm³/mol. The number of ether oxygens (including phenoxy) is 1. The SMILES string of the molecule is CC.CCCN(CCC(C)CC)CC(C)Cn1c(C)c(C)c2cc(Oc3cccc(C(=O)Nc4cc(O)c(-c5ccc(F)cc5)c(O)c4)c3)ccc21. The summed E-state index contributed by atoms with van der Waals surface area (Å²) < 4.78 is 22.1. The van der Waals surface area contributed by atoms with Gasteiger partial charge in [0.05, 0.1) is 5.56 Å². The Morgan fingerprint density at radius 1 is 0.885 bits per heavy atom. The van der Waals surface area contributed by atoms with E-state index in [0.717, 1.165) is 43.9 Å². The molecule has 0 spiro atoms. The zero-order valence-corrected chi connectivity index (χ0v) is 32.1. The first-order valence-electron chi connectivity index (χ1n) is 18.7. The van der Waals surface area contributed by atoms with Gasteiger partial charge in [0.1, 0.15) is 28.8 Å². The van der Waals surface area contributed by atoms with Crippen LogP contribution in [-0.2, 0) is 6.54 Å². The molecular formula is C44H56FN3O4. The summed E-state index contributed by atoms with van der Waals surface area (Å²) in [6.45, 7) is 21.9. The molecule has 0 aliphatic heterocycles. The molecule has 2 atom stereocenters. The summed E-state index contributed by atoms with van der Waals surface area (Å²) in [5.41, 5.74) is 4.82. The number of hydrogen-bond donors (Lipinski definition) is 3. The van der Waals surface area contributed by atoms with Crippen molar-refractivity contribution in [2.24, 2.45) is 11.8 Å². The molecule has 0 aliphatic rings. The fourth-order valence-electron chi connectivity index (χ4n) is 6.59. The van der Waals surface area contributed by atoms with Crippen LogP contribution in [0.1, 0.15) is 82.4 Å². The second kappa shape index (κ2) is 18.6. The molecule has 278 valence electrons. The van der Waals surface area contributed by atoms with E-state index in [2.05, 4.69) is 68.5 Å². The molecule has 1 aromatic heterocycles. The van der Waals surface area contributed by atoms with Crippen molar-refractivity contribution in [2.45, 2.75) is 81.2 Å². The van der Waals surface area contributed by atoms with E-state index in [0.29, 0.717) is 28.5 Å². The third-order valence-corrected chi connectivity index (χ3v) is 9.67. The topological polar surface area (TPSA) is 87.0 Å². The average molecular weight is 710 g/mol. The zero-order valence-electron chi connectivity index (χ0n) is 32.1. The van der Waals surface area contributed by atoms with Gasteiger partial charge >= 0.3 is 0 Å². The zero-order chi connectivity index (χ0) is 37.9. The maximum Gasteiger partial charge on any atom is 0.255 e. The highest BCUT2D eigenvalue weighted by Crippen LogP contribution is 2.40. The Kier molecular flexibility index (Phi) is 14.3. The molecule has 0 fully saturated rings. The molecule has 1 amide bonds. The number of phenolic OH excluding ortho intramolecular Hbond substituents is 2. The smallest absolute Gasteiger partial charge is 0.255 e. The number of rotatable bonds is 15. The molecule has 8 heteroatoms. The second-order valence-electron chi connectivity index (χ2n) is 13.7. The van der Waals surface area contributed by atoms with Gasteiger partial charge in [-0.1, -0.05) is 66.2 Å². The lowest BCUT2D eigenvalue weighted by molar-refractivity contribution is 0.102. The van der Waals surface area contributed by atoms with Crippen LogP contribution in [0.25, 0.3) is 22.0 Å². The number of phenols is 2. The number of aromatic hydroxyl groups is 2. The largest absolute Gasteiger partial charge is 0.507 e. The van der Waals surface area contributed by atoms with Crippen molar-refractivity contribution in [1.82, 2.24) is 9.47 Å². The third-order valence-electron chi connectivity index (χ3n) is 9.67. The van der Waals surface area contributed by atoms with Crippen LogP contribution in [-0.4, -0.2) is 45.2 Å². The highest BCUT2D eigenvalue weighted by molar-refractivity contribution is 6.05. The molecule has 4 aromatic carbocycles. The number of aryl methyl sites for hydroxylation is 1. The van der Waals surface area contributed by atoms with Crippen LogP contribution in [0.2, 0.25) is 0 Å². The maximum absolute atomic E-state index is 13.4. The Balaban J connectivity index is 0.00000297. The Morgan fingerprint density at radius 2 is 1.56 bits per heavy atom. The van der Waals surface area contributed by atoms with Gasteiger partial charge in [0.25, 0.3) is 5.91 Å². The summed E-state index contributed by atoms with van der Waals surface area (Å²) in [5, 5.41) is 25.1. The summed E-state index contributed by atoms with van der Waals surface area (Å²) in [6.07, 6.45) is 3.63. The lowest BCUT2D eigenvalue weighted by atomic mass is 10.0. The summed E-state index contributed by atoms with van der Waals surface area (Å²) in [7, 11) is 0. The van der Waals surface area contributed by atoms with Gasteiger partial charge in [0.15, 0.2) is 0 Å². The number of aromatic nitrogens is 1. The lowest BCUT2D eigenvalue weighted by Crippen LogP contribution is -2.32. The van der Waals surface area contributed by atoms with Crippen LogP contribution in [0.3, 0.4) is 0 Å². The van der Waals surface area contributed by atoms with E-state index in [1.807, 2.05) is 19.9 Å². The van der Waals surface area contributed by atoms with Gasteiger partial charge in [-0.15, -0.1) is 0 Å². The normalized spacial score (nSPS) is 12.3. The van der Waals surface area contributed by atoms with E-state index in [4.69, 9.17) is 4.74 Å². The molecule has 0 saturated carbocycles. The van der Waals surface area contributed by atoms with E-state index in [1.165, 1.54) is 66.0 Å². The molecule has 3 N–H and O–H groups in total. The minimum absolute atomic E-state index is 0.150. The molecule has 7 nitrogen and oxygen atoms in total. The van der Waals surface area contributed by atoms with Crippen molar-refractivity contribution in [2.75, 3.05) is 25.0 Å². The molecule has 5 aromatic rings. The standard InChI is InChI=1S/C42H50FN3O4.C2H6/c1-7-19-45(20-18-27(3)8-2)25-28(4)26-46-30(6)29(5)37-24-36(16-17-38(37)46)50-35-11-9-10-32(21-35)42(49)44-34-22-39(47)41(40(48)23-34)31-12-14-33(43)15-13-31;1-2/h9-17,21-24,27-28,47-48H,7-8,18-20,25-26H2,1-6H3,(H,44,49);1-2H3. The Morgan fingerprint density at radius 3 is 2.21 bits per heavy atom.